The van der Waals surface area contributed by atoms with Crippen LogP contribution in [0.1, 0.15) is 38.0 Å². The quantitative estimate of drug-likeness (QED) is 0.839. The van der Waals surface area contributed by atoms with E-state index in [4.69, 9.17) is 4.42 Å². The molecule has 1 atom stereocenters. The van der Waals surface area contributed by atoms with Crippen LogP contribution in [0.3, 0.4) is 0 Å². The van der Waals surface area contributed by atoms with Gasteiger partial charge in [0, 0.05) is 18.5 Å². The fourth-order valence-electron chi connectivity index (χ4n) is 3.13. The SMILES string of the molecule is CCN(CC1CCC1)CC(NC)c1cc2ccccc2o1. The third kappa shape index (κ3) is 3.30. The monoisotopic (exact) mass is 286 g/mol. The lowest BCUT2D eigenvalue weighted by Crippen LogP contribution is -2.38. The van der Waals surface area contributed by atoms with Gasteiger partial charge in [-0.2, -0.15) is 0 Å². The zero-order chi connectivity index (χ0) is 14.7. The average molecular weight is 286 g/mol. The molecule has 1 fully saturated rings. The predicted octanol–water partition coefficient (Wildman–Crippen LogP) is 3.82. The van der Waals surface area contributed by atoms with Crippen LogP contribution >= 0.6 is 0 Å². The van der Waals surface area contributed by atoms with E-state index in [1.54, 1.807) is 0 Å². The normalized spacial score (nSPS) is 17.3. The minimum absolute atomic E-state index is 0.262. The molecule has 0 amide bonds. The molecule has 0 bridgehead atoms. The standard InChI is InChI=1S/C18H26N2O/c1-3-20(12-14-7-6-8-14)13-16(19-2)18-11-15-9-4-5-10-17(15)21-18/h4-5,9-11,14,16,19H,3,6-8,12-13H2,1-2H3. The van der Waals surface area contributed by atoms with Crippen molar-refractivity contribution in [1.82, 2.24) is 10.2 Å². The molecule has 3 nitrogen and oxygen atoms in total. The zero-order valence-corrected chi connectivity index (χ0v) is 13.1. The van der Waals surface area contributed by atoms with Gasteiger partial charge in [0.2, 0.25) is 0 Å². The summed E-state index contributed by atoms with van der Waals surface area (Å²) in [5.74, 6) is 1.96. The first-order chi connectivity index (χ1) is 10.3. The fourth-order valence-corrected chi connectivity index (χ4v) is 3.13. The summed E-state index contributed by atoms with van der Waals surface area (Å²) in [4.78, 5) is 2.55. The number of likely N-dealkylation sites (N-methyl/N-ethyl adjacent to an activating group) is 2. The molecule has 1 heterocycles. The molecular formula is C18H26N2O. The van der Waals surface area contributed by atoms with Crippen LogP contribution in [0.4, 0.5) is 0 Å². The summed E-state index contributed by atoms with van der Waals surface area (Å²) in [5.41, 5.74) is 0.981. The largest absolute Gasteiger partial charge is 0.459 e. The summed E-state index contributed by atoms with van der Waals surface area (Å²) < 4.78 is 6.02. The number of furan rings is 1. The van der Waals surface area contributed by atoms with Gasteiger partial charge in [-0.1, -0.05) is 31.5 Å². The van der Waals surface area contributed by atoms with Crippen LogP contribution in [0.15, 0.2) is 34.7 Å². The second-order valence-corrected chi connectivity index (χ2v) is 6.18. The minimum Gasteiger partial charge on any atom is -0.459 e. The Morgan fingerprint density at radius 3 is 2.76 bits per heavy atom. The lowest BCUT2D eigenvalue weighted by atomic mass is 9.85. The Kier molecular flexibility index (Phi) is 4.61. The van der Waals surface area contributed by atoms with E-state index in [9.17, 15) is 0 Å². The van der Waals surface area contributed by atoms with Gasteiger partial charge in [0.05, 0.1) is 6.04 Å². The van der Waals surface area contributed by atoms with Crippen LogP contribution < -0.4 is 5.32 Å². The number of hydrogen-bond acceptors (Lipinski definition) is 3. The Morgan fingerprint density at radius 1 is 1.33 bits per heavy atom. The first-order valence-corrected chi connectivity index (χ1v) is 8.18. The fraction of sp³-hybridized carbons (Fsp3) is 0.556. The zero-order valence-electron chi connectivity index (χ0n) is 13.1. The Balaban J connectivity index is 1.70. The van der Waals surface area contributed by atoms with Gasteiger partial charge in [-0.05, 0) is 44.5 Å². The molecule has 0 spiro atoms. The van der Waals surface area contributed by atoms with E-state index in [0.29, 0.717) is 0 Å². The maximum absolute atomic E-state index is 6.02. The van der Waals surface area contributed by atoms with Crippen molar-refractivity contribution in [3.05, 3.63) is 36.1 Å². The van der Waals surface area contributed by atoms with Crippen molar-refractivity contribution in [2.45, 2.75) is 32.2 Å². The molecule has 1 aromatic carbocycles. The molecular weight excluding hydrogens is 260 g/mol. The molecule has 2 aromatic rings. The topological polar surface area (TPSA) is 28.4 Å². The number of nitrogens with one attached hydrogen (secondary N) is 1. The van der Waals surface area contributed by atoms with Gasteiger partial charge >= 0.3 is 0 Å². The lowest BCUT2D eigenvalue weighted by Gasteiger charge is -2.33. The lowest BCUT2D eigenvalue weighted by molar-refractivity contribution is 0.167. The third-order valence-electron chi connectivity index (χ3n) is 4.77. The molecule has 0 radical (unpaired) electrons. The van der Waals surface area contributed by atoms with Crippen molar-refractivity contribution < 1.29 is 4.42 Å². The van der Waals surface area contributed by atoms with E-state index in [1.807, 2.05) is 19.2 Å². The average Bonchev–Trinajstić information content (AvgIpc) is 2.89. The molecule has 1 aliphatic rings. The summed E-state index contributed by atoms with van der Waals surface area (Å²) in [6, 6.07) is 10.7. The van der Waals surface area contributed by atoms with Crippen LogP contribution in [0.25, 0.3) is 11.0 Å². The molecule has 3 heteroatoms. The van der Waals surface area contributed by atoms with E-state index in [2.05, 4.69) is 35.3 Å². The van der Waals surface area contributed by atoms with Crippen LogP contribution in [0.5, 0.6) is 0 Å². The van der Waals surface area contributed by atoms with E-state index in [0.717, 1.165) is 30.4 Å². The Hall–Kier alpha value is -1.32. The van der Waals surface area contributed by atoms with Gasteiger partial charge in [0.15, 0.2) is 0 Å². The Morgan fingerprint density at radius 2 is 2.14 bits per heavy atom. The molecule has 1 saturated carbocycles. The number of hydrogen-bond donors (Lipinski definition) is 1. The van der Waals surface area contributed by atoms with Crippen molar-refractivity contribution >= 4 is 11.0 Å². The van der Waals surface area contributed by atoms with Crippen LogP contribution in [-0.2, 0) is 0 Å². The molecule has 1 unspecified atom stereocenters. The van der Waals surface area contributed by atoms with Crippen molar-refractivity contribution in [3.8, 4) is 0 Å². The predicted molar refractivity (Wildman–Crippen MR) is 87.5 cm³/mol. The highest BCUT2D eigenvalue weighted by atomic mass is 16.3. The number of fused-ring (bicyclic) bond motifs is 1. The highest BCUT2D eigenvalue weighted by Gasteiger charge is 2.23. The van der Waals surface area contributed by atoms with Gasteiger partial charge in [-0.15, -0.1) is 0 Å². The summed E-state index contributed by atoms with van der Waals surface area (Å²) in [6.07, 6.45) is 4.23. The summed E-state index contributed by atoms with van der Waals surface area (Å²) in [7, 11) is 2.02. The molecule has 21 heavy (non-hydrogen) atoms. The summed E-state index contributed by atoms with van der Waals surface area (Å²) in [5, 5.41) is 4.61. The van der Waals surface area contributed by atoms with E-state index >= 15 is 0 Å². The smallest absolute Gasteiger partial charge is 0.134 e. The number of rotatable bonds is 7. The van der Waals surface area contributed by atoms with Crippen molar-refractivity contribution in [2.24, 2.45) is 5.92 Å². The summed E-state index contributed by atoms with van der Waals surface area (Å²) in [6.45, 7) is 5.61. The van der Waals surface area contributed by atoms with Crippen LogP contribution in [-0.4, -0.2) is 31.6 Å². The van der Waals surface area contributed by atoms with Gasteiger partial charge < -0.3 is 14.6 Å². The van der Waals surface area contributed by atoms with E-state index < -0.39 is 0 Å². The molecule has 1 N–H and O–H groups in total. The summed E-state index contributed by atoms with van der Waals surface area (Å²) >= 11 is 0. The van der Waals surface area contributed by atoms with Crippen molar-refractivity contribution in [3.63, 3.8) is 0 Å². The Labute approximate surface area is 127 Å². The molecule has 114 valence electrons. The maximum Gasteiger partial charge on any atom is 0.134 e. The van der Waals surface area contributed by atoms with Crippen LogP contribution in [0.2, 0.25) is 0 Å². The van der Waals surface area contributed by atoms with E-state index in [1.165, 1.54) is 31.2 Å². The Bertz CT molecular complexity index is 540. The third-order valence-corrected chi connectivity index (χ3v) is 4.77. The highest BCUT2D eigenvalue weighted by Crippen LogP contribution is 2.28. The first-order valence-electron chi connectivity index (χ1n) is 8.18. The first kappa shape index (κ1) is 14.6. The number of benzene rings is 1. The van der Waals surface area contributed by atoms with Gasteiger partial charge in [0.1, 0.15) is 11.3 Å². The molecule has 3 rings (SSSR count). The highest BCUT2D eigenvalue weighted by molar-refractivity contribution is 5.77. The second-order valence-electron chi connectivity index (χ2n) is 6.18. The molecule has 1 aromatic heterocycles. The van der Waals surface area contributed by atoms with Gasteiger partial charge in [-0.3, -0.25) is 0 Å². The molecule has 0 saturated heterocycles. The number of para-hydroxylation sites is 1. The minimum atomic E-state index is 0.262. The van der Waals surface area contributed by atoms with Gasteiger partial charge in [-0.25, -0.2) is 0 Å². The van der Waals surface area contributed by atoms with Crippen molar-refractivity contribution in [2.75, 3.05) is 26.7 Å². The van der Waals surface area contributed by atoms with Gasteiger partial charge in [0.25, 0.3) is 0 Å². The van der Waals surface area contributed by atoms with E-state index in [-0.39, 0.29) is 6.04 Å². The van der Waals surface area contributed by atoms with Crippen LogP contribution in [0, 0.1) is 5.92 Å². The molecule has 0 aliphatic heterocycles. The van der Waals surface area contributed by atoms with Crippen molar-refractivity contribution in [1.29, 1.82) is 0 Å². The second kappa shape index (κ2) is 6.63. The maximum atomic E-state index is 6.02. The number of nitrogens with zero attached hydrogens (tertiary/aromatic N) is 1. The molecule has 1 aliphatic carbocycles.